The zero-order valence-electron chi connectivity index (χ0n) is 8.55. The molecule has 0 spiro atoms. The standard InChI is InChI=1S/C13H14Cl2/c14-12-6-2-1-4-10(8-12)11-5-3-7-13(15)9-11/h3,5,7-9,12H,1-2,4,6H2. The van der Waals surface area contributed by atoms with Gasteiger partial charge in [-0.05, 0) is 42.5 Å². The molecule has 0 heterocycles. The van der Waals surface area contributed by atoms with Crippen molar-refractivity contribution in [2.24, 2.45) is 0 Å². The summed E-state index contributed by atoms with van der Waals surface area (Å²) in [6, 6.07) is 8.02. The number of benzene rings is 1. The molecule has 0 N–H and O–H groups in total. The van der Waals surface area contributed by atoms with Gasteiger partial charge in [0.15, 0.2) is 0 Å². The van der Waals surface area contributed by atoms with Gasteiger partial charge < -0.3 is 0 Å². The summed E-state index contributed by atoms with van der Waals surface area (Å²) in [4.78, 5) is 0. The molecule has 0 saturated heterocycles. The van der Waals surface area contributed by atoms with Gasteiger partial charge in [-0.25, -0.2) is 0 Å². The van der Waals surface area contributed by atoms with Crippen LogP contribution in [0.5, 0.6) is 0 Å². The van der Waals surface area contributed by atoms with E-state index in [-0.39, 0.29) is 5.38 Å². The van der Waals surface area contributed by atoms with Gasteiger partial charge in [0.05, 0.1) is 5.38 Å². The number of hydrogen-bond donors (Lipinski definition) is 0. The predicted octanol–water partition coefficient (Wildman–Crippen LogP) is 4.90. The van der Waals surface area contributed by atoms with Crippen LogP contribution in [-0.2, 0) is 0 Å². The number of hydrogen-bond acceptors (Lipinski definition) is 0. The Hall–Kier alpha value is -0.460. The molecule has 0 bridgehead atoms. The van der Waals surface area contributed by atoms with Crippen molar-refractivity contribution in [3.05, 3.63) is 40.9 Å². The van der Waals surface area contributed by atoms with Crippen LogP contribution in [0.1, 0.15) is 31.2 Å². The summed E-state index contributed by atoms with van der Waals surface area (Å²) in [5, 5.41) is 0.977. The van der Waals surface area contributed by atoms with E-state index in [9.17, 15) is 0 Å². The Kier molecular flexibility index (Phi) is 3.71. The fourth-order valence-corrected chi connectivity index (χ4v) is 2.47. The van der Waals surface area contributed by atoms with Crippen molar-refractivity contribution >= 4 is 28.8 Å². The van der Waals surface area contributed by atoms with Gasteiger partial charge in [0.1, 0.15) is 0 Å². The van der Waals surface area contributed by atoms with Crippen LogP contribution >= 0.6 is 23.2 Å². The highest BCUT2D eigenvalue weighted by molar-refractivity contribution is 6.30. The number of rotatable bonds is 1. The van der Waals surface area contributed by atoms with Gasteiger partial charge in [0.2, 0.25) is 0 Å². The Morgan fingerprint density at radius 1 is 1.20 bits per heavy atom. The maximum absolute atomic E-state index is 6.20. The van der Waals surface area contributed by atoms with Crippen LogP contribution in [-0.4, -0.2) is 5.38 Å². The number of alkyl halides is 1. The second kappa shape index (κ2) is 5.05. The predicted molar refractivity (Wildman–Crippen MR) is 67.5 cm³/mol. The van der Waals surface area contributed by atoms with E-state index in [1.807, 2.05) is 18.2 Å². The molecule has 2 heteroatoms. The van der Waals surface area contributed by atoms with Gasteiger partial charge in [-0.1, -0.05) is 36.2 Å². The lowest BCUT2D eigenvalue weighted by Gasteiger charge is -2.06. The number of halogens is 2. The van der Waals surface area contributed by atoms with E-state index in [4.69, 9.17) is 23.2 Å². The van der Waals surface area contributed by atoms with Crippen LogP contribution in [0.3, 0.4) is 0 Å². The van der Waals surface area contributed by atoms with E-state index in [2.05, 4.69) is 12.1 Å². The molecule has 1 aliphatic rings. The molecule has 80 valence electrons. The van der Waals surface area contributed by atoms with Gasteiger partial charge in [-0.2, -0.15) is 0 Å². The van der Waals surface area contributed by atoms with Gasteiger partial charge in [-0.3, -0.25) is 0 Å². The zero-order chi connectivity index (χ0) is 10.7. The smallest absolute Gasteiger partial charge is 0.0521 e. The van der Waals surface area contributed by atoms with E-state index in [1.54, 1.807) is 0 Å². The first kappa shape index (κ1) is 11.0. The number of allylic oxidation sites excluding steroid dienone is 2. The van der Waals surface area contributed by atoms with Crippen molar-refractivity contribution in [1.82, 2.24) is 0 Å². The third kappa shape index (κ3) is 2.99. The molecule has 2 rings (SSSR count). The quantitative estimate of drug-likeness (QED) is 0.613. The molecule has 15 heavy (non-hydrogen) atoms. The fraction of sp³-hybridized carbons (Fsp3) is 0.385. The molecule has 0 saturated carbocycles. The van der Waals surface area contributed by atoms with Crippen LogP contribution < -0.4 is 0 Å². The Morgan fingerprint density at radius 2 is 2.07 bits per heavy atom. The van der Waals surface area contributed by atoms with E-state index < -0.39 is 0 Å². The first-order valence-corrected chi connectivity index (χ1v) is 6.18. The lowest BCUT2D eigenvalue weighted by Crippen LogP contribution is -1.91. The maximum Gasteiger partial charge on any atom is 0.0521 e. The molecule has 0 amide bonds. The molecule has 1 aromatic rings. The Morgan fingerprint density at radius 3 is 2.87 bits per heavy atom. The Balaban J connectivity index is 2.28. The highest BCUT2D eigenvalue weighted by atomic mass is 35.5. The van der Waals surface area contributed by atoms with E-state index in [1.165, 1.54) is 24.0 Å². The van der Waals surface area contributed by atoms with E-state index >= 15 is 0 Å². The monoisotopic (exact) mass is 240 g/mol. The maximum atomic E-state index is 6.20. The van der Waals surface area contributed by atoms with Crippen LogP contribution in [0, 0.1) is 0 Å². The molecule has 1 atom stereocenters. The minimum Gasteiger partial charge on any atom is -0.118 e. The molecule has 0 fully saturated rings. The normalized spacial score (nSPS) is 22.0. The van der Waals surface area contributed by atoms with Crippen LogP contribution in [0.4, 0.5) is 0 Å². The molecule has 1 unspecified atom stereocenters. The molecular formula is C13H14Cl2. The van der Waals surface area contributed by atoms with Crippen molar-refractivity contribution in [1.29, 1.82) is 0 Å². The summed E-state index contributed by atoms with van der Waals surface area (Å²) in [5.41, 5.74) is 2.56. The average Bonchev–Trinajstić information content (AvgIpc) is 2.43. The second-order valence-corrected chi connectivity index (χ2v) is 4.96. The van der Waals surface area contributed by atoms with Gasteiger partial charge in [0.25, 0.3) is 0 Å². The molecule has 1 aliphatic carbocycles. The third-order valence-electron chi connectivity index (χ3n) is 2.75. The minimum absolute atomic E-state index is 0.182. The summed E-state index contributed by atoms with van der Waals surface area (Å²) in [6.45, 7) is 0. The largest absolute Gasteiger partial charge is 0.118 e. The van der Waals surface area contributed by atoms with Crippen molar-refractivity contribution in [2.75, 3.05) is 0 Å². The zero-order valence-corrected chi connectivity index (χ0v) is 10.1. The SMILES string of the molecule is Clc1cccc(C2=CC(Cl)CCCC2)c1. The molecule has 0 nitrogen and oxygen atoms in total. The molecule has 1 aromatic carbocycles. The van der Waals surface area contributed by atoms with Crippen LogP contribution in [0.25, 0.3) is 5.57 Å². The molecular weight excluding hydrogens is 227 g/mol. The second-order valence-electron chi connectivity index (χ2n) is 3.96. The minimum atomic E-state index is 0.182. The van der Waals surface area contributed by atoms with E-state index in [0.717, 1.165) is 17.9 Å². The van der Waals surface area contributed by atoms with Gasteiger partial charge in [0, 0.05) is 5.02 Å². The summed E-state index contributed by atoms with van der Waals surface area (Å²) < 4.78 is 0. The lowest BCUT2D eigenvalue weighted by molar-refractivity contribution is 0.724. The lowest BCUT2D eigenvalue weighted by atomic mass is 10.0. The Bertz CT molecular complexity index is 369. The first-order valence-electron chi connectivity index (χ1n) is 5.36. The fourth-order valence-electron chi connectivity index (χ4n) is 1.97. The van der Waals surface area contributed by atoms with Crippen LogP contribution in [0.2, 0.25) is 5.02 Å². The summed E-state index contributed by atoms with van der Waals surface area (Å²) >= 11 is 12.2. The van der Waals surface area contributed by atoms with Crippen molar-refractivity contribution in [3.63, 3.8) is 0 Å². The highest BCUT2D eigenvalue weighted by Gasteiger charge is 2.10. The average molecular weight is 241 g/mol. The first-order chi connectivity index (χ1) is 7.25. The van der Waals surface area contributed by atoms with Gasteiger partial charge >= 0.3 is 0 Å². The van der Waals surface area contributed by atoms with Crippen molar-refractivity contribution in [2.45, 2.75) is 31.1 Å². The van der Waals surface area contributed by atoms with Crippen molar-refractivity contribution < 1.29 is 0 Å². The van der Waals surface area contributed by atoms with E-state index in [0.29, 0.717) is 0 Å². The third-order valence-corrected chi connectivity index (χ3v) is 3.33. The summed E-state index contributed by atoms with van der Waals surface area (Å²) in [7, 11) is 0. The summed E-state index contributed by atoms with van der Waals surface area (Å²) in [5.74, 6) is 0. The Labute approximate surface area is 101 Å². The molecule has 0 radical (unpaired) electrons. The van der Waals surface area contributed by atoms with Gasteiger partial charge in [-0.15, -0.1) is 11.6 Å². The molecule has 0 aliphatic heterocycles. The molecule has 0 aromatic heterocycles. The topological polar surface area (TPSA) is 0 Å². The highest BCUT2D eigenvalue weighted by Crippen LogP contribution is 2.29. The van der Waals surface area contributed by atoms with Crippen molar-refractivity contribution in [3.8, 4) is 0 Å². The van der Waals surface area contributed by atoms with Crippen LogP contribution in [0.15, 0.2) is 30.3 Å². The summed E-state index contributed by atoms with van der Waals surface area (Å²) in [6.07, 6.45) is 6.83.